The first-order valence-corrected chi connectivity index (χ1v) is 5.87. The van der Waals surface area contributed by atoms with Crippen molar-refractivity contribution < 1.29 is 9.53 Å². The first-order chi connectivity index (χ1) is 8.60. The average Bonchev–Trinajstić information content (AvgIpc) is 3.15. The second kappa shape index (κ2) is 4.96. The number of nitriles is 1. The molecule has 2 rings (SSSR count). The molecule has 1 fully saturated rings. The minimum Gasteiger partial charge on any atom is -0.480 e. The minimum absolute atomic E-state index is 0.154. The first-order valence-electron chi connectivity index (χ1n) is 5.87. The van der Waals surface area contributed by atoms with Crippen LogP contribution in [-0.2, 0) is 4.79 Å². The molecule has 1 amide bonds. The number of amides is 1. The van der Waals surface area contributed by atoms with Crippen LogP contribution in [0.1, 0.15) is 25.3 Å². The highest BCUT2D eigenvalue weighted by molar-refractivity contribution is 5.81. The number of ether oxygens (including phenoxy) is 1. The Morgan fingerprint density at radius 2 is 2.33 bits per heavy atom. The van der Waals surface area contributed by atoms with E-state index >= 15 is 0 Å². The highest BCUT2D eigenvalue weighted by Gasteiger charge is 2.26. The zero-order chi connectivity index (χ0) is 13.1. The van der Waals surface area contributed by atoms with Crippen molar-refractivity contribution in [2.75, 3.05) is 5.73 Å². The smallest absolute Gasteiger partial charge is 0.260 e. The Morgan fingerprint density at radius 1 is 1.61 bits per heavy atom. The minimum atomic E-state index is -0.624. The Labute approximate surface area is 106 Å². The molecule has 5 heteroatoms. The third kappa shape index (κ3) is 2.92. The van der Waals surface area contributed by atoms with E-state index in [2.05, 4.69) is 5.32 Å². The predicted octanol–water partition coefficient (Wildman–Crippen LogP) is 1.19. The number of carbonyl (C=O) groups is 1. The second-order valence-electron chi connectivity index (χ2n) is 4.41. The Morgan fingerprint density at radius 3 is 2.94 bits per heavy atom. The van der Waals surface area contributed by atoms with E-state index in [0.717, 1.165) is 12.8 Å². The van der Waals surface area contributed by atoms with Crippen molar-refractivity contribution >= 4 is 11.6 Å². The van der Waals surface area contributed by atoms with Gasteiger partial charge in [-0.15, -0.1) is 0 Å². The lowest BCUT2D eigenvalue weighted by atomic mass is 10.2. The molecule has 1 aliphatic rings. The molecule has 1 unspecified atom stereocenters. The van der Waals surface area contributed by atoms with E-state index in [1.807, 2.05) is 6.07 Å². The molecule has 94 valence electrons. The van der Waals surface area contributed by atoms with Gasteiger partial charge in [-0.2, -0.15) is 5.26 Å². The zero-order valence-corrected chi connectivity index (χ0v) is 10.1. The number of hydrogen-bond donors (Lipinski definition) is 2. The van der Waals surface area contributed by atoms with E-state index in [9.17, 15) is 4.79 Å². The van der Waals surface area contributed by atoms with Gasteiger partial charge in [0.2, 0.25) is 0 Å². The number of nitrogen functional groups attached to an aromatic ring is 1. The van der Waals surface area contributed by atoms with Crippen LogP contribution >= 0.6 is 0 Å². The summed E-state index contributed by atoms with van der Waals surface area (Å²) >= 11 is 0. The second-order valence-corrected chi connectivity index (χ2v) is 4.41. The summed E-state index contributed by atoms with van der Waals surface area (Å²) in [5, 5.41) is 11.8. The molecular weight excluding hydrogens is 230 g/mol. The largest absolute Gasteiger partial charge is 0.480 e. The van der Waals surface area contributed by atoms with Gasteiger partial charge in [-0.3, -0.25) is 4.79 Å². The number of hydrogen-bond acceptors (Lipinski definition) is 4. The predicted molar refractivity (Wildman–Crippen MR) is 66.8 cm³/mol. The summed E-state index contributed by atoms with van der Waals surface area (Å²) in [4.78, 5) is 11.7. The van der Waals surface area contributed by atoms with Crippen LogP contribution in [0.4, 0.5) is 5.69 Å². The first kappa shape index (κ1) is 12.2. The quantitative estimate of drug-likeness (QED) is 0.780. The molecule has 0 aliphatic heterocycles. The molecule has 1 aromatic carbocycles. The topological polar surface area (TPSA) is 88.1 Å². The molecule has 0 heterocycles. The molecule has 3 N–H and O–H groups in total. The van der Waals surface area contributed by atoms with Gasteiger partial charge >= 0.3 is 0 Å². The molecule has 1 atom stereocenters. The lowest BCUT2D eigenvalue weighted by molar-refractivity contribution is -0.127. The van der Waals surface area contributed by atoms with Gasteiger partial charge in [0.1, 0.15) is 11.8 Å². The monoisotopic (exact) mass is 245 g/mol. The van der Waals surface area contributed by atoms with E-state index in [1.54, 1.807) is 19.1 Å². The molecular formula is C13H15N3O2. The van der Waals surface area contributed by atoms with Crippen molar-refractivity contribution in [3.8, 4) is 11.8 Å². The van der Waals surface area contributed by atoms with Gasteiger partial charge in [-0.05, 0) is 38.0 Å². The molecule has 18 heavy (non-hydrogen) atoms. The normalized spacial score (nSPS) is 15.6. The van der Waals surface area contributed by atoms with Crippen LogP contribution < -0.4 is 15.8 Å². The van der Waals surface area contributed by atoms with Crippen LogP contribution in [-0.4, -0.2) is 18.1 Å². The molecule has 1 aromatic rings. The van der Waals surface area contributed by atoms with E-state index in [4.69, 9.17) is 15.7 Å². The molecule has 0 radical (unpaired) electrons. The van der Waals surface area contributed by atoms with Crippen LogP contribution in [0, 0.1) is 11.3 Å². The fourth-order valence-electron chi connectivity index (χ4n) is 1.53. The fraction of sp³-hybridized carbons (Fsp3) is 0.385. The number of carbonyl (C=O) groups excluding carboxylic acids is 1. The van der Waals surface area contributed by atoms with E-state index in [1.165, 1.54) is 6.07 Å². The standard InChI is InChI=1S/C13H15N3O2/c1-8(13(17)16-11-3-4-11)18-12-5-2-10(15)6-9(12)7-14/h2,5-6,8,11H,3-4,15H2,1H3,(H,16,17). The third-order valence-corrected chi connectivity index (χ3v) is 2.72. The van der Waals surface area contributed by atoms with Crippen LogP contribution in [0.3, 0.4) is 0 Å². The Hall–Kier alpha value is -2.22. The zero-order valence-electron chi connectivity index (χ0n) is 10.1. The lowest BCUT2D eigenvalue weighted by Gasteiger charge is -2.15. The van der Waals surface area contributed by atoms with Gasteiger partial charge in [0.05, 0.1) is 5.56 Å². The summed E-state index contributed by atoms with van der Waals surface area (Å²) in [5.41, 5.74) is 6.41. The van der Waals surface area contributed by atoms with Gasteiger partial charge in [0.25, 0.3) is 5.91 Å². The van der Waals surface area contributed by atoms with Crippen molar-refractivity contribution in [2.24, 2.45) is 0 Å². The Kier molecular flexibility index (Phi) is 3.38. The number of rotatable bonds is 4. The molecule has 1 aliphatic carbocycles. The van der Waals surface area contributed by atoms with Gasteiger partial charge < -0.3 is 15.8 Å². The molecule has 0 bridgehead atoms. The lowest BCUT2D eigenvalue weighted by Crippen LogP contribution is -2.37. The molecule has 0 saturated heterocycles. The van der Waals surface area contributed by atoms with Crippen LogP contribution in [0.2, 0.25) is 0 Å². The van der Waals surface area contributed by atoms with Crippen molar-refractivity contribution in [2.45, 2.75) is 31.9 Å². The highest BCUT2D eigenvalue weighted by atomic mass is 16.5. The van der Waals surface area contributed by atoms with Gasteiger partial charge in [0.15, 0.2) is 6.10 Å². The van der Waals surface area contributed by atoms with Crippen molar-refractivity contribution in [3.63, 3.8) is 0 Å². The Balaban J connectivity index is 2.03. The maximum absolute atomic E-state index is 11.7. The van der Waals surface area contributed by atoms with Crippen LogP contribution in [0.5, 0.6) is 5.75 Å². The summed E-state index contributed by atoms with van der Waals surface area (Å²) in [6.45, 7) is 1.66. The molecule has 5 nitrogen and oxygen atoms in total. The summed E-state index contributed by atoms with van der Waals surface area (Å²) in [6, 6.07) is 7.07. The summed E-state index contributed by atoms with van der Waals surface area (Å²) in [6.07, 6.45) is 1.44. The van der Waals surface area contributed by atoms with E-state index < -0.39 is 6.10 Å². The van der Waals surface area contributed by atoms with Crippen molar-refractivity contribution in [3.05, 3.63) is 23.8 Å². The van der Waals surface area contributed by atoms with Crippen LogP contribution in [0.25, 0.3) is 0 Å². The summed E-state index contributed by atoms with van der Waals surface area (Å²) in [7, 11) is 0. The van der Waals surface area contributed by atoms with Crippen molar-refractivity contribution in [1.82, 2.24) is 5.32 Å². The van der Waals surface area contributed by atoms with Gasteiger partial charge in [0, 0.05) is 11.7 Å². The molecule has 0 spiro atoms. The van der Waals surface area contributed by atoms with Gasteiger partial charge in [-0.25, -0.2) is 0 Å². The number of nitrogens with two attached hydrogens (primary N) is 1. The molecule has 0 aromatic heterocycles. The number of nitrogens with zero attached hydrogens (tertiary/aromatic N) is 1. The molecule has 1 saturated carbocycles. The maximum atomic E-state index is 11.7. The number of anilines is 1. The average molecular weight is 245 g/mol. The number of nitrogens with one attached hydrogen (secondary N) is 1. The van der Waals surface area contributed by atoms with Gasteiger partial charge in [-0.1, -0.05) is 0 Å². The Bertz CT molecular complexity index is 503. The summed E-state index contributed by atoms with van der Waals surface area (Å²) in [5.74, 6) is 0.225. The van der Waals surface area contributed by atoms with Crippen molar-refractivity contribution in [1.29, 1.82) is 5.26 Å². The van der Waals surface area contributed by atoms with Crippen LogP contribution in [0.15, 0.2) is 18.2 Å². The van der Waals surface area contributed by atoms with E-state index in [-0.39, 0.29) is 5.91 Å². The maximum Gasteiger partial charge on any atom is 0.260 e. The fourth-order valence-corrected chi connectivity index (χ4v) is 1.53. The van der Waals surface area contributed by atoms with E-state index in [0.29, 0.717) is 23.0 Å². The number of benzene rings is 1. The third-order valence-electron chi connectivity index (χ3n) is 2.72. The summed E-state index contributed by atoms with van der Waals surface area (Å²) < 4.78 is 5.49. The highest BCUT2D eigenvalue weighted by Crippen LogP contribution is 2.22. The SMILES string of the molecule is CC(Oc1ccc(N)cc1C#N)C(=O)NC1CC1.